The number of imidazole rings is 1. The van der Waals surface area contributed by atoms with Crippen LogP contribution >= 0.6 is 0 Å². The Morgan fingerprint density at radius 1 is 1.23 bits per heavy atom. The normalized spacial score (nSPS) is 11.0. The number of benzene rings is 2. The molecule has 0 unspecified atom stereocenters. The maximum absolute atomic E-state index is 12.3. The summed E-state index contributed by atoms with van der Waals surface area (Å²) >= 11 is 0. The van der Waals surface area contributed by atoms with Crippen LogP contribution in [0.3, 0.4) is 0 Å². The lowest BCUT2D eigenvalue weighted by atomic mass is 10.0. The summed E-state index contributed by atoms with van der Waals surface area (Å²) in [5.41, 5.74) is 2.83. The lowest BCUT2D eigenvalue weighted by molar-refractivity contribution is 0.102. The van der Waals surface area contributed by atoms with Gasteiger partial charge in [0.15, 0.2) is 0 Å². The first-order valence-corrected chi connectivity index (χ1v) is 7.13. The fourth-order valence-electron chi connectivity index (χ4n) is 2.29. The monoisotopic (exact) mass is 295 g/mol. The molecule has 0 fully saturated rings. The molecule has 22 heavy (non-hydrogen) atoms. The van der Waals surface area contributed by atoms with Crippen molar-refractivity contribution < 1.29 is 9.90 Å². The van der Waals surface area contributed by atoms with Gasteiger partial charge in [-0.1, -0.05) is 32.0 Å². The van der Waals surface area contributed by atoms with E-state index in [9.17, 15) is 9.90 Å². The standard InChI is InChI=1S/C17H17N3O2/c1-10(2)11-7-8-12(15(21)9-11)16(22)20-17-18-13-5-3-4-6-14(13)19-17/h3-10,21H,1-2H3,(H2,18,19,20,22). The van der Waals surface area contributed by atoms with Crippen molar-refractivity contribution in [1.29, 1.82) is 0 Å². The lowest BCUT2D eigenvalue weighted by Gasteiger charge is -2.09. The molecule has 0 spiro atoms. The van der Waals surface area contributed by atoms with E-state index in [1.807, 2.05) is 44.2 Å². The van der Waals surface area contributed by atoms with E-state index < -0.39 is 5.91 Å². The van der Waals surface area contributed by atoms with Crippen molar-refractivity contribution >= 4 is 22.9 Å². The molecule has 0 aliphatic rings. The molecular formula is C17H17N3O2. The van der Waals surface area contributed by atoms with Crippen LogP contribution in [-0.4, -0.2) is 21.0 Å². The molecule has 0 aliphatic carbocycles. The van der Waals surface area contributed by atoms with Gasteiger partial charge in [0, 0.05) is 0 Å². The summed E-state index contributed by atoms with van der Waals surface area (Å²) in [5.74, 6) is 0.226. The molecule has 2 aromatic carbocycles. The van der Waals surface area contributed by atoms with Gasteiger partial charge in [-0.15, -0.1) is 0 Å². The summed E-state index contributed by atoms with van der Waals surface area (Å²) in [6.45, 7) is 4.06. The van der Waals surface area contributed by atoms with E-state index in [-0.39, 0.29) is 11.3 Å². The topological polar surface area (TPSA) is 78.0 Å². The second kappa shape index (κ2) is 5.52. The number of fused-ring (bicyclic) bond motifs is 1. The van der Waals surface area contributed by atoms with Crippen LogP contribution in [0.15, 0.2) is 42.5 Å². The fraction of sp³-hybridized carbons (Fsp3) is 0.176. The van der Waals surface area contributed by atoms with Crippen molar-refractivity contribution in [3.8, 4) is 5.75 Å². The van der Waals surface area contributed by atoms with Gasteiger partial charge >= 0.3 is 0 Å². The molecule has 0 bridgehead atoms. The van der Waals surface area contributed by atoms with Crippen molar-refractivity contribution in [2.45, 2.75) is 19.8 Å². The van der Waals surface area contributed by atoms with E-state index in [1.54, 1.807) is 12.1 Å². The second-order valence-electron chi connectivity index (χ2n) is 5.49. The first kappa shape index (κ1) is 14.1. The predicted molar refractivity (Wildman–Crippen MR) is 86.2 cm³/mol. The number of H-pyrrole nitrogens is 1. The molecule has 3 N–H and O–H groups in total. The summed E-state index contributed by atoms with van der Waals surface area (Å²) in [4.78, 5) is 19.6. The third-order valence-corrected chi connectivity index (χ3v) is 3.55. The number of nitrogens with zero attached hydrogens (tertiary/aromatic N) is 1. The summed E-state index contributed by atoms with van der Waals surface area (Å²) in [6.07, 6.45) is 0. The Morgan fingerprint density at radius 2 is 2.00 bits per heavy atom. The highest BCUT2D eigenvalue weighted by Gasteiger charge is 2.14. The van der Waals surface area contributed by atoms with E-state index in [2.05, 4.69) is 15.3 Å². The molecule has 0 saturated heterocycles. The first-order valence-electron chi connectivity index (χ1n) is 7.13. The molecule has 0 atom stereocenters. The molecule has 1 aromatic heterocycles. The van der Waals surface area contributed by atoms with E-state index >= 15 is 0 Å². The minimum absolute atomic E-state index is 0.0280. The van der Waals surface area contributed by atoms with Gasteiger partial charge in [-0.3, -0.25) is 10.1 Å². The van der Waals surface area contributed by atoms with Gasteiger partial charge in [-0.05, 0) is 35.7 Å². The van der Waals surface area contributed by atoms with Crippen LogP contribution in [0.25, 0.3) is 11.0 Å². The first-order chi connectivity index (χ1) is 10.5. The van der Waals surface area contributed by atoms with Gasteiger partial charge in [0.05, 0.1) is 16.6 Å². The van der Waals surface area contributed by atoms with Crippen LogP contribution in [0.2, 0.25) is 0 Å². The van der Waals surface area contributed by atoms with Crippen molar-refractivity contribution in [3.05, 3.63) is 53.6 Å². The number of anilines is 1. The van der Waals surface area contributed by atoms with Gasteiger partial charge in [0.1, 0.15) is 5.75 Å². The minimum Gasteiger partial charge on any atom is -0.507 e. The van der Waals surface area contributed by atoms with Crippen molar-refractivity contribution in [1.82, 2.24) is 9.97 Å². The number of aromatic amines is 1. The number of nitrogens with one attached hydrogen (secondary N) is 2. The number of phenols is 1. The Kier molecular flexibility index (Phi) is 3.55. The average molecular weight is 295 g/mol. The summed E-state index contributed by atoms with van der Waals surface area (Å²) in [5, 5.41) is 12.7. The molecule has 1 amide bonds. The molecule has 0 saturated carbocycles. The van der Waals surface area contributed by atoms with Gasteiger partial charge in [0.2, 0.25) is 5.95 Å². The number of aromatic nitrogens is 2. The summed E-state index contributed by atoms with van der Waals surface area (Å²) < 4.78 is 0. The van der Waals surface area contributed by atoms with Crippen LogP contribution in [0.4, 0.5) is 5.95 Å². The molecule has 3 aromatic rings. The zero-order chi connectivity index (χ0) is 15.7. The fourth-order valence-corrected chi connectivity index (χ4v) is 2.29. The predicted octanol–water partition coefficient (Wildman–Crippen LogP) is 3.64. The highest BCUT2D eigenvalue weighted by atomic mass is 16.3. The molecule has 5 nitrogen and oxygen atoms in total. The zero-order valence-corrected chi connectivity index (χ0v) is 12.4. The molecule has 3 rings (SSSR count). The SMILES string of the molecule is CC(C)c1ccc(C(=O)Nc2nc3ccccc3[nH]2)c(O)c1. The molecule has 5 heteroatoms. The number of rotatable bonds is 3. The van der Waals surface area contributed by atoms with E-state index in [4.69, 9.17) is 0 Å². The number of hydrogen-bond donors (Lipinski definition) is 3. The van der Waals surface area contributed by atoms with Crippen LogP contribution in [0.5, 0.6) is 5.75 Å². The van der Waals surface area contributed by atoms with E-state index in [1.165, 1.54) is 0 Å². The Balaban J connectivity index is 1.85. The number of para-hydroxylation sites is 2. The molecule has 112 valence electrons. The van der Waals surface area contributed by atoms with Crippen molar-refractivity contribution in [2.24, 2.45) is 0 Å². The number of carbonyl (C=O) groups is 1. The maximum Gasteiger partial charge on any atom is 0.261 e. The number of phenolic OH excluding ortho intramolecular Hbond substituents is 1. The largest absolute Gasteiger partial charge is 0.507 e. The number of hydrogen-bond acceptors (Lipinski definition) is 3. The Hall–Kier alpha value is -2.82. The minimum atomic E-state index is -0.396. The summed E-state index contributed by atoms with van der Waals surface area (Å²) in [6, 6.07) is 12.6. The van der Waals surface area contributed by atoms with Crippen LogP contribution in [-0.2, 0) is 0 Å². The van der Waals surface area contributed by atoms with Crippen LogP contribution in [0.1, 0.15) is 35.7 Å². The third-order valence-electron chi connectivity index (χ3n) is 3.55. The second-order valence-corrected chi connectivity index (χ2v) is 5.49. The van der Waals surface area contributed by atoms with Gasteiger partial charge in [-0.25, -0.2) is 4.98 Å². The third kappa shape index (κ3) is 2.65. The Morgan fingerprint density at radius 3 is 2.68 bits per heavy atom. The molecular weight excluding hydrogens is 278 g/mol. The highest BCUT2D eigenvalue weighted by molar-refractivity contribution is 6.05. The Labute approximate surface area is 128 Å². The van der Waals surface area contributed by atoms with Gasteiger partial charge in [0.25, 0.3) is 5.91 Å². The van der Waals surface area contributed by atoms with E-state index in [0.29, 0.717) is 11.9 Å². The van der Waals surface area contributed by atoms with Gasteiger partial charge < -0.3 is 10.1 Å². The highest BCUT2D eigenvalue weighted by Crippen LogP contribution is 2.24. The lowest BCUT2D eigenvalue weighted by Crippen LogP contribution is -2.13. The van der Waals surface area contributed by atoms with Crippen molar-refractivity contribution in [3.63, 3.8) is 0 Å². The molecule has 1 heterocycles. The quantitative estimate of drug-likeness (QED) is 0.690. The number of amides is 1. The Bertz CT molecular complexity index is 804. The maximum atomic E-state index is 12.3. The van der Waals surface area contributed by atoms with Gasteiger partial charge in [-0.2, -0.15) is 0 Å². The van der Waals surface area contributed by atoms with E-state index in [0.717, 1.165) is 16.6 Å². The number of carbonyl (C=O) groups excluding carboxylic acids is 1. The van der Waals surface area contributed by atoms with Crippen LogP contribution in [0, 0.1) is 0 Å². The summed E-state index contributed by atoms with van der Waals surface area (Å²) in [7, 11) is 0. The average Bonchev–Trinajstić information content (AvgIpc) is 2.88. The van der Waals surface area contributed by atoms with Crippen molar-refractivity contribution in [2.75, 3.05) is 5.32 Å². The molecule has 0 aliphatic heterocycles. The van der Waals surface area contributed by atoms with Crippen LogP contribution < -0.4 is 5.32 Å². The number of aromatic hydroxyl groups is 1. The zero-order valence-electron chi connectivity index (χ0n) is 12.4. The smallest absolute Gasteiger partial charge is 0.261 e. The molecule has 0 radical (unpaired) electrons.